The van der Waals surface area contributed by atoms with Gasteiger partial charge in [0.1, 0.15) is 16.3 Å². The van der Waals surface area contributed by atoms with Crippen molar-refractivity contribution in [2.75, 3.05) is 12.0 Å². The Bertz CT molecular complexity index is 1400. The zero-order valence-electron chi connectivity index (χ0n) is 16.6. The van der Waals surface area contributed by atoms with E-state index in [0.29, 0.717) is 38.9 Å². The fourth-order valence-corrected chi connectivity index (χ4v) is 4.73. The predicted molar refractivity (Wildman–Crippen MR) is 118 cm³/mol. The number of anilines is 1. The summed E-state index contributed by atoms with van der Waals surface area (Å²) in [5, 5.41) is 10.3. The highest BCUT2D eigenvalue weighted by Crippen LogP contribution is 2.42. The Hall–Kier alpha value is -3.23. The van der Waals surface area contributed by atoms with Gasteiger partial charge in [-0.2, -0.15) is 0 Å². The number of aromatic nitrogens is 2. The number of methoxy groups -OCH3 is 1. The average molecular weight is 454 g/mol. The molecular weight excluding hydrogens is 438 g/mol. The topological polar surface area (TPSA) is 85.5 Å². The quantitative estimate of drug-likeness (QED) is 0.448. The third-order valence-corrected chi connectivity index (χ3v) is 6.51. The molecule has 0 N–H and O–H groups in total. The van der Waals surface area contributed by atoms with Crippen molar-refractivity contribution in [1.82, 2.24) is 10.2 Å². The third-order valence-electron chi connectivity index (χ3n) is 5.21. The molecule has 3 heterocycles. The van der Waals surface area contributed by atoms with E-state index in [1.807, 2.05) is 19.1 Å². The summed E-state index contributed by atoms with van der Waals surface area (Å²) in [4.78, 5) is 28.5. The first-order valence-corrected chi connectivity index (χ1v) is 10.8. The molecule has 1 atom stereocenters. The predicted octanol–water partition coefficient (Wildman–Crippen LogP) is 4.62. The Kier molecular flexibility index (Phi) is 4.75. The van der Waals surface area contributed by atoms with E-state index in [-0.39, 0.29) is 16.8 Å². The molecule has 0 aliphatic carbocycles. The SMILES string of the molecule is CCc1nnc(N2C(=O)c3oc4ccc(Cl)cc4c(=O)c3[C@@H]2c2cccc(OC)c2)s1. The van der Waals surface area contributed by atoms with Crippen molar-refractivity contribution >= 4 is 44.9 Å². The molecule has 0 saturated heterocycles. The molecule has 0 fully saturated rings. The number of ether oxygens (including phenoxy) is 1. The molecule has 0 saturated carbocycles. The molecule has 4 aromatic rings. The monoisotopic (exact) mass is 453 g/mol. The standard InChI is InChI=1S/C22H16ClN3O4S/c1-3-16-24-25-22(31-16)26-18(11-5-4-6-13(9-11)29-2)17-19(27)14-10-12(23)7-8-15(14)30-20(17)21(26)28/h4-10,18H,3H2,1-2H3/t18-/m0/s1. The van der Waals surface area contributed by atoms with E-state index in [1.165, 1.54) is 16.2 Å². The zero-order chi connectivity index (χ0) is 21.7. The Labute approximate surface area is 185 Å². The second-order valence-electron chi connectivity index (χ2n) is 7.00. The molecule has 9 heteroatoms. The van der Waals surface area contributed by atoms with E-state index in [2.05, 4.69) is 10.2 Å². The van der Waals surface area contributed by atoms with Gasteiger partial charge in [-0.1, -0.05) is 42.0 Å². The Morgan fingerprint density at radius 3 is 2.77 bits per heavy atom. The molecule has 7 nitrogen and oxygen atoms in total. The highest BCUT2D eigenvalue weighted by atomic mass is 35.5. The van der Waals surface area contributed by atoms with Crippen LogP contribution in [-0.2, 0) is 6.42 Å². The van der Waals surface area contributed by atoms with E-state index in [4.69, 9.17) is 20.8 Å². The summed E-state index contributed by atoms with van der Waals surface area (Å²) < 4.78 is 11.3. The Balaban J connectivity index is 1.80. The maximum absolute atomic E-state index is 13.5. The summed E-state index contributed by atoms with van der Waals surface area (Å²) in [5.74, 6) is 0.176. The Morgan fingerprint density at radius 1 is 1.19 bits per heavy atom. The molecule has 2 aromatic heterocycles. The first kappa shape index (κ1) is 19.7. The van der Waals surface area contributed by atoms with Gasteiger partial charge in [0, 0.05) is 5.02 Å². The van der Waals surface area contributed by atoms with Gasteiger partial charge in [0.15, 0.2) is 5.43 Å². The fourth-order valence-electron chi connectivity index (χ4n) is 3.75. The van der Waals surface area contributed by atoms with Crippen LogP contribution in [0.2, 0.25) is 5.02 Å². The van der Waals surface area contributed by atoms with Crippen LogP contribution in [0, 0.1) is 0 Å². The van der Waals surface area contributed by atoms with Gasteiger partial charge in [0.25, 0.3) is 5.91 Å². The van der Waals surface area contributed by atoms with Crippen molar-refractivity contribution < 1.29 is 13.9 Å². The minimum atomic E-state index is -0.727. The molecule has 5 rings (SSSR count). The summed E-state index contributed by atoms with van der Waals surface area (Å²) in [7, 11) is 1.56. The normalized spacial score (nSPS) is 15.5. The summed E-state index contributed by atoms with van der Waals surface area (Å²) in [6, 6.07) is 11.3. The number of hydrogen-bond donors (Lipinski definition) is 0. The second kappa shape index (κ2) is 7.47. The molecule has 1 aliphatic heterocycles. The molecule has 31 heavy (non-hydrogen) atoms. The lowest BCUT2D eigenvalue weighted by molar-refractivity contribution is 0.0970. The van der Waals surface area contributed by atoms with E-state index in [1.54, 1.807) is 37.4 Å². The molecule has 2 aromatic carbocycles. The number of nitrogens with zero attached hydrogens (tertiary/aromatic N) is 3. The van der Waals surface area contributed by atoms with Crippen LogP contribution in [0.1, 0.15) is 39.7 Å². The van der Waals surface area contributed by atoms with Gasteiger partial charge in [-0.25, -0.2) is 0 Å². The van der Waals surface area contributed by atoms with E-state index in [9.17, 15) is 9.59 Å². The average Bonchev–Trinajstić information content (AvgIpc) is 3.37. The lowest BCUT2D eigenvalue weighted by Crippen LogP contribution is -2.29. The van der Waals surface area contributed by atoms with Crippen molar-refractivity contribution in [3.8, 4) is 5.75 Å². The summed E-state index contributed by atoms with van der Waals surface area (Å²) in [6.07, 6.45) is 0.691. The molecular formula is C22H16ClN3O4S. The highest BCUT2D eigenvalue weighted by molar-refractivity contribution is 7.15. The number of rotatable bonds is 4. The smallest absolute Gasteiger partial charge is 0.297 e. The maximum Gasteiger partial charge on any atom is 0.297 e. The van der Waals surface area contributed by atoms with Crippen molar-refractivity contribution in [2.45, 2.75) is 19.4 Å². The van der Waals surface area contributed by atoms with Crippen molar-refractivity contribution in [3.63, 3.8) is 0 Å². The van der Waals surface area contributed by atoms with Gasteiger partial charge < -0.3 is 9.15 Å². The lowest BCUT2D eigenvalue weighted by atomic mass is 9.98. The van der Waals surface area contributed by atoms with E-state index >= 15 is 0 Å². The van der Waals surface area contributed by atoms with Crippen LogP contribution in [0.5, 0.6) is 5.75 Å². The summed E-state index contributed by atoms with van der Waals surface area (Å²) in [6.45, 7) is 1.96. The second-order valence-corrected chi connectivity index (χ2v) is 8.48. The van der Waals surface area contributed by atoms with Crippen LogP contribution >= 0.6 is 22.9 Å². The number of carbonyl (C=O) groups is 1. The fraction of sp³-hybridized carbons (Fsp3) is 0.182. The summed E-state index contributed by atoms with van der Waals surface area (Å²) in [5.41, 5.74) is 0.955. The molecule has 0 bridgehead atoms. The molecule has 0 radical (unpaired) electrons. The van der Waals surface area contributed by atoms with Crippen LogP contribution in [0.4, 0.5) is 5.13 Å². The maximum atomic E-state index is 13.5. The van der Waals surface area contributed by atoms with Gasteiger partial charge in [-0.15, -0.1) is 10.2 Å². The van der Waals surface area contributed by atoms with Crippen molar-refractivity contribution in [3.05, 3.63) is 79.6 Å². The van der Waals surface area contributed by atoms with E-state index in [0.717, 1.165) is 5.01 Å². The Morgan fingerprint density at radius 2 is 2.03 bits per heavy atom. The van der Waals surface area contributed by atoms with Crippen molar-refractivity contribution in [1.29, 1.82) is 0 Å². The minimum Gasteiger partial charge on any atom is -0.497 e. The minimum absolute atomic E-state index is 0.000825. The van der Waals surface area contributed by atoms with Gasteiger partial charge in [0.05, 0.1) is 24.1 Å². The van der Waals surface area contributed by atoms with Crippen LogP contribution in [0.25, 0.3) is 11.0 Å². The number of amides is 1. The number of fused-ring (bicyclic) bond motifs is 2. The number of aryl methyl sites for hydroxylation is 1. The molecule has 1 aliphatic rings. The molecule has 1 amide bonds. The van der Waals surface area contributed by atoms with Gasteiger partial charge in [-0.05, 0) is 42.3 Å². The van der Waals surface area contributed by atoms with E-state index < -0.39 is 11.9 Å². The van der Waals surface area contributed by atoms with Crippen LogP contribution in [0.15, 0.2) is 51.7 Å². The first-order chi connectivity index (χ1) is 15.0. The lowest BCUT2D eigenvalue weighted by Gasteiger charge is -2.22. The van der Waals surface area contributed by atoms with Crippen molar-refractivity contribution in [2.24, 2.45) is 0 Å². The van der Waals surface area contributed by atoms with Gasteiger partial charge in [-0.3, -0.25) is 14.5 Å². The number of hydrogen-bond acceptors (Lipinski definition) is 7. The molecule has 0 spiro atoms. The van der Waals surface area contributed by atoms with Crippen LogP contribution in [0.3, 0.4) is 0 Å². The first-order valence-electron chi connectivity index (χ1n) is 9.58. The van der Waals surface area contributed by atoms with Crippen LogP contribution < -0.4 is 15.1 Å². The number of benzene rings is 2. The highest BCUT2D eigenvalue weighted by Gasteiger charge is 2.45. The van der Waals surface area contributed by atoms with Gasteiger partial charge >= 0.3 is 0 Å². The van der Waals surface area contributed by atoms with Crippen LogP contribution in [-0.4, -0.2) is 23.2 Å². The molecule has 0 unspecified atom stereocenters. The summed E-state index contributed by atoms with van der Waals surface area (Å²) >= 11 is 7.43. The molecule has 156 valence electrons. The number of carbonyl (C=O) groups excluding carboxylic acids is 1. The van der Waals surface area contributed by atoms with Gasteiger partial charge in [0.2, 0.25) is 10.9 Å². The zero-order valence-corrected chi connectivity index (χ0v) is 18.2. The number of halogens is 1. The third kappa shape index (κ3) is 3.10. The largest absolute Gasteiger partial charge is 0.497 e.